The number of aromatic nitrogens is 1. The van der Waals surface area contributed by atoms with Gasteiger partial charge in [-0.25, -0.2) is 13.1 Å². The van der Waals surface area contributed by atoms with E-state index in [1.54, 1.807) is 6.20 Å². The SMILES string of the molecule is CCCNCCNS(=O)(=O)c1cncc(Br)c1. The molecule has 0 aliphatic heterocycles. The number of nitrogens with one attached hydrogen (secondary N) is 2. The number of halogens is 1. The maximum atomic E-state index is 11.8. The Kier molecular flexibility index (Phi) is 6.04. The Labute approximate surface area is 110 Å². The van der Waals surface area contributed by atoms with Crippen molar-refractivity contribution in [2.45, 2.75) is 18.2 Å². The van der Waals surface area contributed by atoms with Gasteiger partial charge in [-0.05, 0) is 35.0 Å². The summed E-state index contributed by atoms with van der Waals surface area (Å²) in [5.74, 6) is 0. The summed E-state index contributed by atoms with van der Waals surface area (Å²) < 4.78 is 26.8. The minimum Gasteiger partial charge on any atom is -0.315 e. The Morgan fingerprint density at radius 1 is 1.29 bits per heavy atom. The van der Waals surface area contributed by atoms with Gasteiger partial charge in [-0.2, -0.15) is 0 Å². The Morgan fingerprint density at radius 2 is 2.06 bits per heavy atom. The van der Waals surface area contributed by atoms with Gasteiger partial charge in [0.05, 0.1) is 0 Å². The van der Waals surface area contributed by atoms with E-state index in [1.165, 1.54) is 12.3 Å². The second kappa shape index (κ2) is 7.05. The molecule has 0 amide bonds. The molecular formula is C10H16BrN3O2S. The topological polar surface area (TPSA) is 71.1 Å². The number of hydrogen-bond acceptors (Lipinski definition) is 4. The largest absolute Gasteiger partial charge is 0.315 e. The molecule has 0 aliphatic rings. The van der Waals surface area contributed by atoms with Crippen molar-refractivity contribution < 1.29 is 8.42 Å². The first kappa shape index (κ1) is 14.6. The maximum Gasteiger partial charge on any atom is 0.242 e. The van der Waals surface area contributed by atoms with Gasteiger partial charge in [0.2, 0.25) is 10.0 Å². The molecule has 17 heavy (non-hydrogen) atoms. The lowest BCUT2D eigenvalue weighted by molar-refractivity contribution is 0.575. The first-order valence-corrected chi connectivity index (χ1v) is 7.65. The molecule has 0 saturated heterocycles. The summed E-state index contributed by atoms with van der Waals surface area (Å²) in [7, 11) is -3.45. The third-order valence-corrected chi connectivity index (χ3v) is 3.87. The first-order valence-electron chi connectivity index (χ1n) is 5.37. The van der Waals surface area contributed by atoms with Gasteiger partial charge in [0.15, 0.2) is 0 Å². The molecule has 0 aliphatic carbocycles. The van der Waals surface area contributed by atoms with Gasteiger partial charge in [0.25, 0.3) is 0 Å². The number of nitrogens with zero attached hydrogens (tertiary/aromatic N) is 1. The monoisotopic (exact) mass is 321 g/mol. The van der Waals surface area contributed by atoms with Crippen LogP contribution in [0.1, 0.15) is 13.3 Å². The molecule has 1 rings (SSSR count). The summed E-state index contributed by atoms with van der Waals surface area (Å²) in [5.41, 5.74) is 0. The van der Waals surface area contributed by atoms with Crippen LogP contribution in [0.2, 0.25) is 0 Å². The van der Waals surface area contributed by atoms with Crippen LogP contribution in [-0.4, -0.2) is 33.0 Å². The van der Waals surface area contributed by atoms with Crippen LogP contribution in [0.25, 0.3) is 0 Å². The Morgan fingerprint density at radius 3 is 2.71 bits per heavy atom. The summed E-state index contributed by atoms with van der Waals surface area (Å²) in [5, 5.41) is 3.12. The molecule has 5 nitrogen and oxygen atoms in total. The summed E-state index contributed by atoms with van der Waals surface area (Å²) in [6, 6.07) is 1.52. The van der Waals surface area contributed by atoms with Crippen molar-refractivity contribution in [3.63, 3.8) is 0 Å². The van der Waals surface area contributed by atoms with E-state index >= 15 is 0 Å². The average molecular weight is 322 g/mol. The van der Waals surface area contributed by atoms with Crippen molar-refractivity contribution in [1.82, 2.24) is 15.0 Å². The normalized spacial score (nSPS) is 11.6. The fourth-order valence-corrected chi connectivity index (χ4v) is 2.73. The van der Waals surface area contributed by atoms with Crippen LogP contribution in [0.5, 0.6) is 0 Å². The van der Waals surface area contributed by atoms with Crippen LogP contribution < -0.4 is 10.0 Å². The average Bonchev–Trinajstić information content (AvgIpc) is 2.29. The second-order valence-electron chi connectivity index (χ2n) is 3.49. The quantitative estimate of drug-likeness (QED) is 0.738. The summed E-state index contributed by atoms with van der Waals surface area (Å²) in [6.07, 6.45) is 3.90. The lowest BCUT2D eigenvalue weighted by Crippen LogP contribution is -2.32. The molecule has 0 spiro atoms. The van der Waals surface area contributed by atoms with E-state index in [0.717, 1.165) is 13.0 Å². The molecule has 2 N–H and O–H groups in total. The Balaban J connectivity index is 2.51. The van der Waals surface area contributed by atoms with Crippen LogP contribution in [0, 0.1) is 0 Å². The van der Waals surface area contributed by atoms with Crippen molar-refractivity contribution in [2.24, 2.45) is 0 Å². The Bertz CT molecular complexity index is 451. The maximum absolute atomic E-state index is 11.8. The van der Waals surface area contributed by atoms with Crippen molar-refractivity contribution in [2.75, 3.05) is 19.6 Å². The van der Waals surface area contributed by atoms with Crippen LogP contribution >= 0.6 is 15.9 Å². The van der Waals surface area contributed by atoms with Gasteiger partial charge in [-0.1, -0.05) is 6.92 Å². The predicted octanol–water partition coefficient (Wildman–Crippen LogP) is 1.12. The molecule has 0 fully saturated rings. The van der Waals surface area contributed by atoms with E-state index in [1.807, 2.05) is 0 Å². The van der Waals surface area contributed by atoms with E-state index < -0.39 is 10.0 Å². The predicted molar refractivity (Wildman–Crippen MR) is 70.3 cm³/mol. The number of hydrogen-bond donors (Lipinski definition) is 2. The van der Waals surface area contributed by atoms with E-state index in [4.69, 9.17) is 0 Å². The van der Waals surface area contributed by atoms with Crippen molar-refractivity contribution >= 4 is 26.0 Å². The van der Waals surface area contributed by atoms with Crippen molar-refractivity contribution in [3.05, 3.63) is 22.9 Å². The molecule has 1 aromatic rings. The summed E-state index contributed by atoms with van der Waals surface area (Å²) in [4.78, 5) is 4.00. The van der Waals surface area contributed by atoms with E-state index in [9.17, 15) is 8.42 Å². The zero-order valence-corrected chi connectivity index (χ0v) is 12.0. The van der Waals surface area contributed by atoms with Crippen LogP contribution in [0.3, 0.4) is 0 Å². The third kappa shape index (κ3) is 5.12. The Hall–Kier alpha value is -0.500. The molecule has 0 atom stereocenters. The van der Waals surface area contributed by atoms with Gasteiger partial charge in [0.1, 0.15) is 4.90 Å². The number of sulfonamides is 1. The van der Waals surface area contributed by atoms with Crippen LogP contribution in [-0.2, 0) is 10.0 Å². The molecule has 0 radical (unpaired) electrons. The minimum absolute atomic E-state index is 0.169. The molecule has 7 heteroatoms. The van der Waals surface area contributed by atoms with E-state index in [0.29, 0.717) is 17.6 Å². The summed E-state index contributed by atoms with van der Waals surface area (Å²) in [6.45, 7) is 3.94. The van der Waals surface area contributed by atoms with Crippen LogP contribution in [0.15, 0.2) is 27.8 Å². The van der Waals surface area contributed by atoms with Crippen molar-refractivity contribution in [1.29, 1.82) is 0 Å². The zero-order valence-electron chi connectivity index (χ0n) is 9.61. The van der Waals surface area contributed by atoms with Gasteiger partial charge < -0.3 is 5.32 Å². The molecule has 0 saturated carbocycles. The number of pyridine rings is 1. The van der Waals surface area contributed by atoms with Gasteiger partial charge in [-0.3, -0.25) is 4.98 Å². The lowest BCUT2D eigenvalue weighted by Gasteiger charge is -2.07. The highest BCUT2D eigenvalue weighted by atomic mass is 79.9. The third-order valence-electron chi connectivity index (χ3n) is 2.01. The molecule has 1 heterocycles. The van der Waals surface area contributed by atoms with E-state index in [2.05, 4.69) is 37.9 Å². The molecule has 1 aromatic heterocycles. The highest BCUT2D eigenvalue weighted by Crippen LogP contribution is 2.13. The molecule has 96 valence electrons. The fraction of sp³-hybridized carbons (Fsp3) is 0.500. The molecule has 0 bridgehead atoms. The smallest absolute Gasteiger partial charge is 0.242 e. The van der Waals surface area contributed by atoms with Gasteiger partial charge >= 0.3 is 0 Å². The number of rotatable bonds is 7. The van der Waals surface area contributed by atoms with Crippen LogP contribution in [0.4, 0.5) is 0 Å². The minimum atomic E-state index is -3.45. The molecule has 0 unspecified atom stereocenters. The molecular weight excluding hydrogens is 306 g/mol. The molecule has 0 aromatic carbocycles. The fourth-order valence-electron chi connectivity index (χ4n) is 1.20. The highest BCUT2D eigenvalue weighted by Gasteiger charge is 2.13. The zero-order chi connectivity index (χ0) is 12.7. The second-order valence-corrected chi connectivity index (χ2v) is 6.17. The lowest BCUT2D eigenvalue weighted by atomic mass is 10.5. The highest BCUT2D eigenvalue weighted by molar-refractivity contribution is 9.10. The first-order chi connectivity index (χ1) is 8.06. The van der Waals surface area contributed by atoms with Crippen molar-refractivity contribution in [3.8, 4) is 0 Å². The summed E-state index contributed by atoms with van der Waals surface area (Å²) >= 11 is 3.19. The standard InChI is InChI=1S/C10H16BrN3O2S/c1-2-3-12-4-5-14-17(15,16)10-6-9(11)7-13-8-10/h6-8,12,14H,2-5H2,1H3. The van der Waals surface area contributed by atoms with Gasteiger partial charge in [-0.15, -0.1) is 0 Å². The van der Waals surface area contributed by atoms with Gasteiger partial charge in [0, 0.05) is 30.0 Å². The van der Waals surface area contributed by atoms with E-state index in [-0.39, 0.29) is 4.90 Å².